The molecule has 1 heterocycles. The quantitative estimate of drug-likeness (QED) is 0.751. The van der Waals surface area contributed by atoms with E-state index >= 15 is 0 Å². The van der Waals surface area contributed by atoms with Gasteiger partial charge in [0, 0.05) is 5.56 Å². The number of carbonyl (C=O) groups is 1. The fourth-order valence-corrected chi connectivity index (χ4v) is 2.35. The van der Waals surface area contributed by atoms with Gasteiger partial charge in [-0.3, -0.25) is 4.79 Å². The maximum atomic E-state index is 12.2. The number of nitrogens with one attached hydrogen (secondary N) is 1. The van der Waals surface area contributed by atoms with Crippen molar-refractivity contribution in [3.05, 3.63) is 58.4 Å². The van der Waals surface area contributed by atoms with Gasteiger partial charge >= 0.3 is 5.97 Å². The predicted octanol–water partition coefficient (Wildman–Crippen LogP) is 2.39. The van der Waals surface area contributed by atoms with Gasteiger partial charge in [-0.1, -0.05) is 12.1 Å². The minimum atomic E-state index is -0.521. The molecule has 0 aliphatic carbocycles. The van der Waals surface area contributed by atoms with E-state index in [1.165, 1.54) is 14.2 Å². The van der Waals surface area contributed by atoms with E-state index in [4.69, 9.17) is 9.47 Å². The molecule has 0 fully saturated rings. The molecule has 0 atom stereocenters. The summed E-state index contributed by atoms with van der Waals surface area (Å²) < 4.78 is 9.91. The number of hydrogen-bond donors (Lipinski definition) is 1. The van der Waals surface area contributed by atoms with Crippen LogP contribution >= 0.6 is 0 Å². The van der Waals surface area contributed by atoms with Gasteiger partial charge in [0.05, 0.1) is 25.1 Å². The molecule has 116 valence electrons. The fourth-order valence-electron chi connectivity index (χ4n) is 2.35. The monoisotopic (exact) mass is 310 g/mol. The zero-order valence-corrected chi connectivity index (χ0v) is 12.6. The Morgan fingerprint density at radius 1 is 1.13 bits per heavy atom. The summed E-state index contributed by atoms with van der Waals surface area (Å²) in [6.45, 7) is 0. The Morgan fingerprint density at radius 2 is 1.91 bits per heavy atom. The lowest BCUT2D eigenvalue weighted by molar-refractivity contribution is 0.0597. The molecule has 0 spiro atoms. The van der Waals surface area contributed by atoms with Crippen LogP contribution in [0, 0.1) is 0 Å². The molecule has 1 N–H and O–H groups in total. The van der Waals surface area contributed by atoms with Crippen LogP contribution in [0.4, 0.5) is 0 Å². The fraction of sp³-hybridized carbons (Fsp3) is 0.118. The van der Waals surface area contributed by atoms with Gasteiger partial charge in [-0.25, -0.2) is 9.78 Å². The zero-order chi connectivity index (χ0) is 16.4. The highest BCUT2D eigenvalue weighted by atomic mass is 16.5. The Balaban J connectivity index is 2.19. The number of nitrogens with zero attached hydrogens (tertiary/aromatic N) is 1. The van der Waals surface area contributed by atoms with Crippen molar-refractivity contribution in [3.63, 3.8) is 0 Å². The number of ether oxygens (including phenoxy) is 2. The number of methoxy groups -OCH3 is 2. The Labute approximate surface area is 131 Å². The van der Waals surface area contributed by atoms with E-state index in [1.54, 1.807) is 36.4 Å². The van der Waals surface area contributed by atoms with E-state index in [0.717, 1.165) is 0 Å². The first-order chi connectivity index (χ1) is 11.1. The van der Waals surface area contributed by atoms with Crippen LogP contribution in [0.2, 0.25) is 0 Å². The number of benzene rings is 2. The molecule has 0 unspecified atom stereocenters. The third-order valence-electron chi connectivity index (χ3n) is 3.49. The second kappa shape index (κ2) is 5.92. The molecule has 6 heteroatoms. The van der Waals surface area contributed by atoms with Crippen molar-refractivity contribution >= 4 is 16.9 Å². The van der Waals surface area contributed by atoms with Crippen LogP contribution in [0.3, 0.4) is 0 Å². The summed E-state index contributed by atoms with van der Waals surface area (Å²) in [6, 6.07) is 12.0. The van der Waals surface area contributed by atoms with E-state index in [0.29, 0.717) is 28.0 Å². The standard InChI is InChI=1S/C17H14N2O4/c1-22-14-8-7-10(9-12(14)17(21)23-2)15-18-13-6-4-3-5-11(13)16(20)19-15/h3-9H,1-2H3,(H,18,19,20). The molecule has 1 aromatic heterocycles. The van der Waals surface area contributed by atoms with Gasteiger partial charge in [-0.05, 0) is 30.3 Å². The van der Waals surface area contributed by atoms with Gasteiger partial charge in [0.2, 0.25) is 0 Å². The summed E-state index contributed by atoms with van der Waals surface area (Å²) in [4.78, 5) is 31.2. The van der Waals surface area contributed by atoms with Crippen molar-refractivity contribution in [1.29, 1.82) is 0 Å². The number of fused-ring (bicyclic) bond motifs is 1. The van der Waals surface area contributed by atoms with Crippen LogP contribution in [-0.2, 0) is 4.74 Å². The highest BCUT2D eigenvalue weighted by molar-refractivity contribution is 5.94. The molecule has 0 amide bonds. The van der Waals surface area contributed by atoms with Crippen molar-refractivity contribution in [3.8, 4) is 17.1 Å². The number of carbonyl (C=O) groups excluding carboxylic acids is 1. The number of para-hydroxylation sites is 1. The van der Waals surface area contributed by atoms with Gasteiger partial charge in [0.25, 0.3) is 5.56 Å². The predicted molar refractivity (Wildman–Crippen MR) is 85.7 cm³/mol. The van der Waals surface area contributed by atoms with Crippen molar-refractivity contribution in [2.24, 2.45) is 0 Å². The normalized spacial score (nSPS) is 10.5. The lowest BCUT2D eigenvalue weighted by Crippen LogP contribution is -2.10. The Kier molecular flexibility index (Phi) is 3.80. The second-order valence-electron chi connectivity index (χ2n) is 4.84. The summed E-state index contributed by atoms with van der Waals surface area (Å²) in [5.74, 6) is 0.247. The first kappa shape index (κ1) is 14.8. The van der Waals surface area contributed by atoms with E-state index < -0.39 is 5.97 Å². The SMILES string of the molecule is COC(=O)c1cc(-c2nc3ccccc3c(=O)[nH]2)ccc1OC. The average molecular weight is 310 g/mol. The van der Waals surface area contributed by atoms with Crippen molar-refractivity contribution in [1.82, 2.24) is 9.97 Å². The van der Waals surface area contributed by atoms with Crippen LogP contribution in [0.1, 0.15) is 10.4 Å². The highest BCUT2D eigenvalue weighted by Crippen LogP contribution is 2.25. The largest absolute Gasteiger partial charge is 0.496 e. The molecule has 0 radical (unpaired) electrons. The van der Waals surface area contributed by atoms with Gasteiger partial charge in [0.15, 0.2) is 0 Å². The summed E-state index contributed by atoms with van der Waals surface area (Å²) >= 11 is 0. The van der Waals surface area contributed by atoms with E-state index in [1.807, 2.05) is 6.07 Å². The first-order valence-corrected chi connectivity index (χ1v) is 6.90. The van der Waals surface area contributed by atoms with Crippen molar-refractivity contribution in [2.45, 2.75) is 0 Å². The smallest absolute Gasteiger partial charge is 0.341 e. The van der Waals surface area contributed by atoms with Crippen LogP contribution in [-0.4, -0.2) is 30.2 Å². The van der Waals surface area contributed by atoms with Gasteiger partial charge in [-0.2, -0.15) is 0 Å². The zero-order valence-electron chi connectivity index (χ0n) is 12.6. The third kappa shape index (κ3) is 2.66. The van der Waals surface area contributed by atoms with E-state index in [-0.39, 0.29) is 11.1 Å². The van der Waals surface area contributed by atoms with Gasteiger partial charge in [-0.15, -0.1) is 0 Å². The molecule has 3 rings (SSSR count). The molecule has 0 bridgehead atoms. The maximum absolute atomic E-state index is 12.2. The average Bonchev–Trinajstić information content (AvgIpc) is 2.60. The lowest BCUT2D eigenvalue weighted by Gasteiger charge is -2.09. The number of rotatable bonds is 3. The summed E-state index contributed by atoms with van der Waals surface area (Å²) in [6.07, 6.45) is 0. The molecule has 23 heavy (non-hydrogen) atoms. The van der Waals surface area contributed by atoms with Crippen molar-refractivity contribution in [2.75, 3.05) is 14.2 Å². The molecule has 0 aliphatic heterocycles. The molecular formula is C17H14N2O4. The number of aromatic nitrogens is 2. The molecule has 0 saturated carbocycles. The Hall–Kier alpha value is -3.15. The Morgan fingerprint density at radius 3 is 2.65 bits per heavy atom. The molecule has 2 aromatic carbocycles. The topological polar surface area (TPSA) is 81.3 Å². The Bertz CT molecular complexity index is 947. The van der Waals surface area contributed by atoms with Crippen LogP contribution in [0.25, 0.3) is 22.3 Å². The molecule has 0 saturated heterocycles. The molecule has 6 nitrogen and oxygen atoms in total. The minimum absolute atomic E-state index is 0.235. The minimum Gasteiger partial charge on any atom is -0.496 e. The summed E-state index contributed by atoms with van der Waals surface area (Å²) in [5.41, 5.74) is 1.21. The van der Waals surface area contributed by atoms with E-state index in [2.05, 4.69) is 9.97 Å². The van der Waals surface area contributed by atoms with E-state index in [9.17, 15) is 9.59 Å². The van der Waals surface area contributed by atoms with Crippen LogP contribution in [0.15, 0.2) is 47.3 Å². The lowest BCUT2D eigenvalue weighted by atomic mass is 10.1. The second-order valence-corrected chi connectivity index (χ2v) is 4.84. The first-order valence-electron chi connectivity index (χ1n) is 6.90. The van der Waals surface area contributed by atoms with Crippen molar-refractivity contribution < 1.29 is 14.3 Å². The summed E-state index contributed by atoms with van der Waals surface area (Å²) in [5, 5.41) is 0.512. The van der Waals surface area contributed by atoms with Crippen LogP contribution < -0.4 is 10.3 Å². The molecular weight excluding hydrogens is 296 g/mol. The molecule has 3 aromatic rings. The highest BCUT2D eigenvalue weighted by Gasteiger charge is 2.15. The van der Waals surface area contributed by atoms with Gasteiger partial charge < -0.3 is 14.5 Å². The molecule has 0 aliphatic rings. The number of H-pyrrole nitrogens is 1. The third-order valence-corrected chi connectivity index (χ3v) is 3.49. The number of esters is 1. The number of aromatic amines is 1. The summed E-state index contributed by atoms with van der Waals surface area (Å²) in [7, 11) is 2.77. The van der Waals surface area contributed by atoms with Crippen LogP contribution in [0.5, 0.6) is 5.75 Å². The van der Waals surface area contributed by atoms with Gasteiger partial charge in [0.1, 0.15) is 17.1 Å². The number of hydrogen-bond acceptors (Lipinski definition) is 5. The maximum Gasteiger partial charge on any atom is 0.341 e.